The summed E-state index contributed by atoms with van der Waals surface area (Å²) in [6, 6.07) is 63.1. The standard InChI is InChI=1S/C49H33N5/c1-33-47(53-49(54-48(52-33)38-14-6-3-7-15-38)39-23-21-37(22-24-39)36-12-4-2-5-13-36)44-20-10-18-42(29-44)41-17-9-19-43(28-41)46-27-35(32-51)26-45(30-46)40-16-8-11-34(25-40)31-50/h2-30,33H,1H3/t33-/m0/s1. The van der Waals surface area contributed by atoms with Gasteiger partial charge in [0.2, 0.25) is 0 Å². The van der Waals surface area contributed by atoms with Crippen molar-refractivity contribution in [2.24, 2.45) is 15.0 Å². The van der Waals surface area contributed by atoms with Crippen LogP contribution < -0.4 is 0 Å². The number of nitrogens with zero attached hydrogens (tertiary/aromatic N) is 5. The molecule has 0 saturated carbocycles. The van der Waals surface area contributed by atoms with Gasteiger partial charge in [-0.25, -0.2) is 9.98 Å². The van der Waals surface area contributed by atoms with E-state index in [0.29, 0.717) is 22.8 Å². The molecule has 0 N–H and O–H groups in total. The minimum atomic E-state index is -0.265. The van der Waals surface area contributed by atoms with Crippen molar-refractivity contribution in [3.8, 4) is 56.6 Å². The van der Waals surface area contributed by atoms with Gasteiger partial charge in [0, 0.05) is 11.1 Å². The fourth-order valence-corrected chi connectivity index (χ4v) is 6.74. The number of hydrogen-bond acceptors (Lipinski definition) is 5. The molecule has 254 valence electrons. The minimum absolute atomic E-state index is 0.265. The van der Waals surface area contributed by atoms with E-state index in [9.17, 15) is 10.5 Å². The Morgan fingerprint density at radius 1 is 0.370 bits per heavy atom. The molecule has 7 aromatic carbocycles. The minimum Gasteiger partial charge on any atom is -0.257 e. The first kappa shape index (κ1) is 33.7. The summed E-state index contributed by atoms with van der Waals surface area (Å²) < 4.78 is 0. The summed E-state index contributed by atoms with van der Waals surface area (Å²) in [5.41, 5.74) is 12.8. The number of amidine groups is 2. The molecule has 8 rings (SSSR count). The van der Waals surface area contributed by atoms with Gasteiger partial charge in [0.15, 0.2) is 11.7 Å². The molecule has 1 heterocycles. The summed E-state index contributed by atoms with van der Waals surface area (Å²) in [6.45, 7) is 2.07. The van der Waals surface area contributed by atoms with Gasteiger partial charge in [-0.3, -0.25) is 4.99 Å². The maximum Gasteiger partial charge on any atom is 0.161 e. The van der Waals surface area contributed by atoms with E-state index in [1.807, 2.05) is 84.9 Å². The Bertz CT molecular complexity index is 2680. The van der Waals surface area contributed by atoms with Crippen LogP contribution in [0.3, 0.4) is 0 Å². The third-order valence-corrected chi connectivity index (χ3v) is 9.51. The second-order valence-corrected chi connectivity index (χ2v) is 13.1. The Kier molecular flexibility index (Phi) is 9.36. The van der Waals surface area contributed by atoms with E-state index in [1.54, 1.807) is 6.07 Å². The van der Waals surface area contributed by atoms with Gasteiger partial charge in [-0.1, -0.05) is 133 Å². The molecule has 54 heavy (non-hydrogen) atoms. The predicted octanol–water partition coefficient (Wildman–Crippen LogP) is 11.2. The van der Waals surface area contributed by atoms with Crippen molar-refractivity contribution in [1.82, 2.24) is 0 Å². The van der Waals surface area contributed by atoms with Crippen molar-refractivity contribution >= 4 is 17.4 Å². The lowest BCUT2D eigenvalue weighted by Crippen LogP contribution is -2.18. The van der Waals surface area contributed by atoms with Gasteiger partial charge >= 0.3 is 0 Å². The zero-order chi connectivity index (χ0) is 36.9. The van der Waals surface area contributed by atoms with E-state index < -0.39 is 0 Å². The van der Waals surface area contributed by atoms with E-state index in [0.717, 1.165) is 66.9 Å². The highest BCUT2D eigenvalue weighted by Crippen LogP contribution is 2.32. The molecule has 0 fully saturated rings. The summed E-state index contributed by atoms with van der Waals surface area (Å²) in [7, 11) is 0. The Morgan fingerprint density at radius 3 is 1.43 bits per heavy atom. The normalized spacial score (nSPS) is 13.8. The summed E-state index contributed by atoms with van der Waals surface area (Å²) >= 11 is 0. The summed E-state index contributed by atoms with van der Waals surface area (Å²) in [5.74, 6) is 1.25. The Hall–Kier alpha value is -7.47. The number of aliphatic imine (C=N–C) groups is 3. The molecule has 0 bridgehead atoms. The lowest BCUT2D eigenvalue weighted by molar-refractivity contribution is 0.975. The van der Waals surface area contributed by atoms with Crippen LogP contribution in [0.1, 0.15) is 34.7 Å². The summed E-state index contributed by atoms with van der Waals surface area (Å²) in [5, 5.41) is 19.4. The largest absolute Gasteiger partial charge is 0.257 e. The third kappa shape index (κ3) is 7.16. The number of benzene rings is 7. The van der Waals surface area contributed by atoms with Crippen LogP contribution in [0.2, 0.25) is 0 Å². The third-order valence-electron chi connectivity index (χ3n) is 9.51. The van der Waals surface area contributed by atoms with Crippen molar-refractivity contribution in [2.45, 2.75) is 13.0 Å². The molecular weight excluding hydrogens is 659 g/mol. The molecule has 0 aliphatic carbocycles. The molecule has 7 aromatic rings. The Labute approximate surface area is 315 Å². The zero-order valence-electron chi connectivity index (χ0n) is 29.6. The lowest BCUT2D eigenvalue weighted by atomic mass is 9.93. The molecular formula is C49H33N5. The van der Waals surface area contributed by atoms with Crippen LogP contribution in [-0.2, 0) is 0 Å². The quantitative estimate of drug-likeness (QED) is 0.167. The number of nitriles is 2. The van der Waals surface area contributed by atoms with Crippen molar-refractivity contribution in [2.75, 3.05) is 0 Å². The molecule has 0 amide bonds. The Balaban J connectivity index is 1.17. The van der Waals surface area contributed by atoms with E-state index in [1.165, 1.54) is 0 Å². The summed E-state index contributed by atoms with van der Waals surface area (Å²) in [4.78, 5) is 15.4. The second kappa shape index (κ2) is 15.0. The van der Waals surface area contributed by atoms with Crippen LogP contribution in [0, 0.1) is 22.7 Å². The topological polar surface area (TPSA) is 84.7 Å². The SMILES string of the molecule is C[C@@H]1N=C(c2ccccc2)N=C(c2ccc(-c3ccccc3)cc2)N=C1c1cccc(-c2cccc(-c3cc(C#N)cc(-c4cccc(C#N)c4)c3)c2)c1. The molecule has 1 aliphatic rings. The fourth-order valence-electron chi connectivity index (χ4n) is 6.74. The van der Waals surface area contributed by atoms with E-state index in [-0.39, 0.29) is 6.04 Å². The first-order valence-electron chi connectivity index (χ1n) is 17.8. The smallest absolute Gasteiger partial charge is 0.161 e. The van der Waals surface area contributed by atoms with Crippen LogP contribution in [0.15, 0.2) is 191 Å². The first-order valence-corrected chi connectivity index (χ1v) is 17.8. The number of hydrogen-bond donors (Lipinski definition) is 0. The molecule has 5 nitrogen and oxygen atoms in total. The van der Waals surface area contributed by atoms with Crippen LogP contribution in [0.25, 0.3) is 44.5 Å². The van der Waals surface area contributed by atoms with E-state index in [4.69, 9.17) is 15.0 Å². The van der Waals surface area contributed by atoms with Gasteiger partial charge in [-0.15, -0.1) is 0 Å². The molecule has 1 atom stereocenters. The predicted molar refractivity (Wildman–Crippen MR) is 220 cm³/mol. The van der Waals surface area contributed by atoms with Crippen LogP contribution in [0.4, 0.5) is 0 Å². The van der Waals surface area contributed by atoms with Gasteiger partial charge in [0.05, 0.1) is 35.0 Å². The lowest BCUT2D eigenvalue weighted by Gasteiger charge is -2.13. The van der Waals surface area contributed by atoms with Gasteiger partial charge < -0.3 is 0 Å². The van der Waals surface area contributed by atoms with Crippen LogP contribution in [-0.4, -0.2) is 23.4 Å². The van der Waals surface area contributed by atoms with E-state index in [2.05, 4.69) is 104 Å². The average Bonchev–Trinajstić information content (AvgIpc) is 3.43. The average molecular weight is 692 g/mol. The Morgan fingerprint density at radius 2 is 0.796 bits per heavy atom. The molecule has 5 heteroatoms. The molecule has 0 aromatic heterocycles. The van der Waals surface area contributed by atoms with Crippen LogP contribution in [0.5, 0.6) is 0 Å². The highest BCUT2D eigenvalue weighted by molar-refractivity contribution is 6.21. The van der Waals surface area contributed by atoms with Crippen molar-refractivity contribution < 1.29 is 0 Å². The zero-order valence-corrected chi connectivity index (χ0v) is 29.6. The van der Waals surface area contributed by atoms with Gasteiger partial charge in [-0.05, 0) is 99.5 Å². The monoisotopic (exact) mass is 691 g/mol. The highest BCUT2D eigenvalue weighted by atomic mass is 15.0. The molecule has 0 radical (unpaired) electrons. The van der Waals surface area contributed by atoms with Crippen molar-refractivity contribution in [1.29, 1.82) is 10.5 Å². The summed E-state index contributed by atoms with van der Waals surface area (Å²) in [6.07, 6.45) is 0. The first-order chi connectivity index (χ1) is 26.5. The maximum absolute atomic E-state index is 9.91. The van der Waals surface area contributed by atoms with Crippen molar-refractivity contribution in [3.63, 3.8) is 0 Å². The fraction of sp³-hybridized carbons (Fsp3) is 0.0408. The van der Waals surface area contributed by atoms with Gasteiger partial charge in [0.25, 0.3) is 0 Å². The van der Waals surface area contributed by atoms with Gasteiger partial charge in [0.1, 0.15) is 0 Å². The maximum atomic E-state index is 9.91. The molecule has 1 aliphatic heterocycles. The highest BCUT2D eigenvalue weighted by Gasteiger charge is 2.21. The number of rotatable bonds is 7. The van der Waals surface area contributed by atoms with Crippen molar-refractivity contribution in [3.05, 3.63) is 204 Å². The second-order valence-electron chi connectivity index (χ2n) is 13.1. The van der Waals surface area contributed by atoms with Gasteiger partial charge in [-0.2, -0.15) is 10.5 Å². The molecule has 0 unspecified atom stereocenters. The molecule has 0 saturated heterocycles. The molecule has 0 spiro atoms. The van der Waals surface area contributed by atoms with Crippen LogP contribution >= 0.6 is 0 Å². The van der Waals surface area contributed by atoms with E-state index >= 15 is 0 Å².